The van der Waals surface area contributed by atoms with Gasteiger partial charge < -0.3 is 15.8 Å². The average Bonchev–Trinajstić information content (AvgIpc) is 3.05. The lowest BCUT2D eigenvalue weighted by molar-refractivity contribution is -0.132. The van der Waals surface area contributed by atoms with E-state index in [0.717, 1.165) is 25.7 Å². The molecule has 3 atom stereocenters. The second kappa shape index (κ2) is 6.77. The minimum absolute atomic E-state index is 0. The van der Waals surface area contributed by atoms with Crippen LogP contribution in [0.25, 0.3) is 0 Å². The molecule has 1 unspecified atom stereocenters. The number of rotatable bonds is 3. The van der Waals surface area contributed by atoms with Crippen molar-refractivity contribution < 1.29 is 9.53 Å². The second-order valence-corrected chi connectivity index (χ2v) is 5.86. The minimum Gasteiger partial charge on any atom is -0.364 e. The lowest BCUT2D eigenvalue weighted by Gasteiger charge is -2.18. The van der Waals surface area contributed by atoms with Crippen LogP contribution in [0.3, 0.4) is 0 Å². The van der Waals surface area contributed by atoms with Crippen LogP contribution >= 0.6 is 12.4 Å². The highest BCUT2D eigenvalue weighted by molar-refractivity contribution is 5.85. The van der Waals surface area contributed by atoms with Gasteiger partial charge in [-0.05, 0) is 43.7 Å². The van der Waals surface area contributed by atoms with Crippen LogP contribution in [0.5, 0.6) is 0 Å². The van der Waals surface area contributed by atoms with E-state index >= 15 is 0 Å². The Balaban J connectivity index is 0.00000161. The number of carbonyl (C=O) groups excluding carboxylic acids is 1. The van der Waals surface area contributed by atoms with Crippen LogP contribution in [0.15, 0.2) is 18.2 Å². The average molecular weight is 311 g/mol. The topological polar surface area (TPSA) is 64.4 Å². The first-order valence-corrected chi connectivity index (χ1v) is 7.42. The van der Waals surface area contributed by atoms with E-state index in [1.807, 2.05) is 0 Å². The lowest BCUT2D eigenvalue weighted by Crippen LogP contribution is -2.37. The largest absolute Gasteiger partial charge is 0.364 e. The summed E-state index contributed by atoms with van der Waals surface area (Å²) in [4.78, 5) is 12.3. The summed E-state index contributed by atoms with van der Waals surface area (Å²) in [6.07, 6.45) is 3.41. The fourth-order valence-electron chi connectivity index (χ4n) is 3.23. The third-order valence-electron chi connectivity index (χ3n) is 4.36. The minimum atomic E-state index is -0.321. The Hall–Kier alpha value is -1.10. The van der Waals surface area contributed by atoms with Gasteiger partial charge in [0.25, 0.3) is 0 Å². The van der Waals surface area contributed by atoms with E-state index in [9.17, 15) is 4.79 Å². The van der Waals surface area contributed by atoms with E-state index in [4.69, 9.17) is 10.5 Å². The molecule has 1 aromatic carbocycles. The van der Waals surface area contributed by atoms with Crippen molar-refractivity contribution in [2.75, 3.05) is 6.54 Å². The Morgan fingerprint density at radius 2 is 2.19 bits per heavy atom. The van der Waals surface area contributed by atoms with E-state index in [2.05, 4.69) is 30.4 Å². The molecule has 3 rings (SSSR count). The van der Waals surface area contributed by atoms with Gasteiger partial charge in [0.1, 0.15) is 6.10 Å². The molecule has 1 saturated heterocycles. The van der Waals surface area contributed by atoms with Crippen molar-refractivity contribution in [3.05, 3.63) is 34.9 Å². The molecule has 1 amide bonds. The fourth-order valence-corrected chi connectivity index (χ4v) is 3.23. The number of halogens is 1. The molecule has 0 bridgehead atoms. The van der Waals surface area contributed by atoms with Gasteiger partial charge in [-0.15, -0.1) is 12.4 Å². The van der Waals surface area contributed by atoms with Crippen molar-refractivity contribution in [3.8, 4) is 0 Å². The van der Waals surface area contributed by atoms with Crippen molar-refractivity contribution in [2.24, 2.45) is 5.73 Å². The molecule has 0 radical (unpaired) electrons. The van der Waals surface area contributed by atoms with Gasteiger partial charge in [0.2, 0.25) is 5.91 Å². The third kappa shape index (κ3) is 3.39. The van der Waals surface area contributed by atoms with Gasteiger partial charge >= 0.3 is 0 Å². The second-order valence-electron chi connectivity index (χ2n) is 5.86. The Morgan fingerprint density at radius 1 is 1.38 bits per heavy atom. The predicted molar refractivity (Wildman–Crippen MR) is 84.6 cm³/mol. The summed E-state index contributed by atoms with van der Waals surface area (Å²) in [5, 5.41) is 3.14. The van der Waals surface area contributed by atoms with Crippen LogP contribution in [-0.4, -0.2) is 24.7 Å². The number of hydrogen-bond donors (Lipinski definition) is 2. The summed E-state index contributed by atoms with van der Waals surface area (Å²) < 4.78 is 5.65. The van der Waals surface area contributed by atoms with Gasteiger partial charge in [0, 0.05) is 6.54 Å². The number of carbonyl (C=O) groups is 1. The molecule has 0 spiro atoms. The monoisotopic (exact) mass is 310 g/mol. The maximum Gasteiger partial charge on any atom is 0.249 e. The zero-order valence-corrected chi connectivity index (χ0v) is 13.1. The molecule has 1 fully saturated rings. The highest BCUT2D eigenvalue weighted by Crippen LogP contribution is 2.32. The SMILES string of the molecule is Cc1ccc2c(c1)CCC2NC(=O)[C@@H]1CC[C@H](CN)O1.Cl. The van der Waals surface area contributed by atoms with Crippen LogP contribution in [0.1, 0.15) is 42.0 Å². The molecule has 0 aromatic heterocycles. The molecule has 1 aliphatic carbocycles. The number of amides is 1. The number of ether oxygens (including phenoxy) is 1. The third-order valence-corrected chi connectivity index (χ3v) is 4.36. The van der Waals surface area contributed by atoms with E-state index in [-0.39, 0.29) is 36.6 Å². The van der Waals surface area contributed by atoms with E-state index < -0.39 is 0 Å². The van der Waals surface area contributed by atoms with Crippen LogP contribution in [0.4, 0.5) is 0 Å². The van der Waals surface area contributed by atoms with Gasteiger partial charge in [-0.1, -0.05) is 23.8 Å². The molecule has 2 aliphatic rings. The van der Waals surface area contributed by atoms with Gasteiger partial charge in [0.15, 0.2) is 0 Å². The van der Waals surface area contributed by atoms with Gasteiger partial charge in [-0.2, -0.15) is 0 Å². The van der Waals surface area contributed by atoms with E-state index in [1.54, 1.807) is 0 Å². The molecule has 21 heavy (non-hydrogen) atoms. The van der Waals surface area contributed by atoms with E-state index in [0.29, 0.717) is 6.54 Å². The Labute approximate surface area is 131 Å². The molecule has 4 nitrogen and oxygen atoms in total. The number of hydrogen-bond acceptors (Lipinski definition) is 3. The van der Waals surface area contributed by atoms with Crippen LogP contribution in [0.2, 0.25) is 0 Å². The van der Waals surface area contributed by atoms with Crippen LogP contribution in [0, 0.1) is 6.92 Å². The van der Waals surface area contributed by atoms with Crippen LogP contribution in [-0.2, 0) is 16.0 Å². The molecule has 5 heteroatoms. The van der Waals surface area contributed by atoms with E-state index in [1.165, 1.54) is 16.7 Å². The molecule has 3 N–H and O–H groups in total. The zero-order valence-electron chi connectivity index (χ0n) is 12.3. The predicted octanol–water partition coefficient (Wildman–Crippen LogP) is 2.03. The van der Waals surface area contributed by atoms with Gasteiger partial charge in [-0.3, -0.25) is 4.79 Å². The Kier molecular flexibility index (Phi) is 5.25. The van der Waals surface area contributed by atoms with Crippen molar-refractivity contribution in [3.63, 3.8) is 0 Å². The van der Waals surface area contributed by atoms with Crippen molar-refractivity contribution in [2.45, 2.75) is 50.9 Å². The summed E-state index contributed by atoms with van der Waals surface area (Å²) in [5.41, 5.74) is 9.48. The molecule has 116 valence electrons. The van der Waals surface area contributed by atoms with Crippen molar-refractivity contribution >= 4 is 18.3 Å². The smallest absolute Gasteiger partial charge is 0.249 e. The molecule has 1 aromatic rings. The molecule has 1 heterocycles. The summed E-state index contributed by atoms with van der Waals surface area (Å²) in [7, 11) is 0. The molecule has 1 aliphatic heterocycles. The van der Waals surface area contributed by atoms with Gasteiger partial charge in [0.05, 0.1) is 12.1 Å². The Bertz CT molecular complexity index is 521. The van der Waals surface area contributed by atoms with Gasteiger partial charge in [-0.25, -0.2) is 0 Å². The van der Waals surface area contributed by atoms with Crippen molar-refractivity contribution in [1.29, 1.82) is 0 Å². The maximum absolute atomic E-state index is 12.3. The first kappa shape index (κ1) is 16.3. The lowest BCUT2D eigenvalue weighted by atomic mass is 10.1. The number of benzene rings is 1. The summed E-state index contributed by atoms with van der Waals surface area (Å²) in [6, 6.07) is 6.61. The summed E-state index contributed by atoms with van der Waals surface area (Å²) in [5.74, 6) is 0.0133. The first-order valence-electron chi connectivity index (χ1n) is 7.42. The first-order chi connectivity index (χ1) is 9.67. The van der Waals surface area contributed by atoms with Crippen LogP contribution < -0.4 is 11.1 Å². The molecule has 0 saturated carbocycles. The molecular formula is C16H23ClN2O2. The normalized spacial score (nSPS) is 27.0. The number of nitrogens with one attached hydrogen (secondary N) is 1. The quantitative estimate of drug-likeness (QED) is 0.898. The maximum atomic E-state index is 12.3. The standard InChI is InChI=1S/C16H22N2O2.ClH/c1-10-2-5-13-11(8-10)3-6-14(13)18-16(19)15-7-4-12(9-17)20-15;/h2,5,8,12,14-15H,3-4,6-7,9,17H2,1H3,(H,18,19);1H/t12-,14?,15+;/m1./s1. The number of fused-ring (bicyclic) bond motifs is 1. The highest BCUT2D eigenvalue weighted by Gasteiger charge is 2.32. The summed E-state index contributed by atoms with van der Waals surface area (Å²) >= 11 is 0. The fraction of sp³-hybridized carbons (Fsp3) is 0.562. The number of nitrogens with two attached hydrogens (primary N) is 1. The van der Waals surface area contributed by atoms with Crippen molar-refractivity contribution in [1.82, 2.24) is 5.32 Å². The number of aryl methyl sites for hydroxylation is 2. The zero-order chi connectivity index (χ0) is 14.1. The summed E-state index contributed by atoms with van der Waals surface area (Å²) in [6.45, 7) is 2.60. The highest BCUT2D eigenvalue weighted by atomic mass is 35.5. The molecular weight excluding hydrogens is 288 g/mol. The Morgan fingerprint density at radius 3 is 2.90 bits per heavy atom.